The monoisotopic (exact) mass is 660 g/mol. The van der Waals surface area contributed by atoms with Gasteiger partial charge in [0.1, 0.15) is 11.5 Å². The Morgan fingerprint density at radius 1 is 0.365 bits per heavy atom. The molecule has 0 N–H and O–H groups in total. The van der Waals surface area contributed by atoms with Crippen LogP contribution >= 0.6 is 0 Å². The van der Waals surface area contributed by atoms with E-state index >= 15 is 0 Å². The molecule has 0 aromatic heterocycles. The molecule has 0 bridgehead atoms. The molecule has 0 radical (unpaired) electrons. The molecule has 11 rings (SSSR count). The predicted molar refractivity (Wildman–Crippen MR) is 215 cm³/mol. The van der Waals surface area contributed by atoms with E-state index < -0.39 is 5.41 Å². The first-order valence-corrected chi connectivity index (χ1v) is 18.0. The Bertz CT molecular complexity index is 2810. The van der Waals surface area contributed by atoms with E-state index in [-0.39, 0.29) is 0 Å². The van der Waals surface area contributed by atoms with Gasteiger partial charge in [0.05, 0.1) is 5.41 Å². The summed E-state index contributed by atoms with van der Waals surface area (Å²) in [7, 11) is 0. The third-order valence-corrected chi connectivity index (χ3v) is 11.3. The molecule has 1 aliphatic heterocycles. The van der Waals surface area contributed by atoms with Gasteiger partial charge in [-0.25, -0.2) is 0 Å². The Kier molecular flexibility index (Phi) is 6.23. The quantitative estimate of drug-likeness (QED) is 0.183. The highest BCUT2D eigenvalue weighted by atomic mass is 16.5. The van der Waals surface area contributed by atoms with Crippen molar-refractivity contribution in [2.24, 2.45) is 0 Å². The molecular formula is C51H32O. The maximum absolute atomic E-state index is 6.54. The predicted octanol–water partition coefficient (Wildman–Crippen LogP) is 13.5. The average Bonchev–Trinajstić information content (AvgIpc) is 3.53. The van der Waals surface area contributed by atoms with Crippen molar-refractivity contribution in [2.75, 3.05) is 0 Å². The van der Waals surface area contributed by atoms with Crippen molar-refractivity contribution >= 4 is 21.5 Å². The highest BCUT2D eigenvalue weighted by Crippen LogP contribution is 2.61. The average molecular weight is 661 g/mol. The van der Waals surface area contributed by atoms with Crippen LogP contribution in [0.2, 0.25) is 0 Å². The second kappa shape index (κ2) is 11.2. The van der Waals surface area contributed by atoms with Gasteiger partial charge < -0.3 is 4.74 Å². The second-order valence-electron chi connectivity index (χ2n) is 14.0. The van der Waals surface area contributed by atoms with E-state index in [0.717, 1.165) is 22.6 Å². The molecule has 0 fully saturated rings. The lowest BCUT2D eigenvalue weighted by Crippen LogP contribution is -2.29. The summed E-state index contributed by atoms with van der Waals surface area (Å²) in [5.74, 6) is 1.80. The van der Waals surface area contributed by atoms with Crippen LogP contribution in [0.4, 0.5) is 0 Å². The van der Waals surface area contributed by atoms with Crippen molar-refractivity contribution in [3.8, 4) is 56.0 Å². The van der Waals surface area contributed by atoms with E-state index in [1.54, 1.807) is 0 Å². The first kappa shape index (κ1) is 29.1. The van der Waals surface area contributed by atoms with E-state index in [1.807, 2.05) is 0 Å². The van der Waals surface area contributed by atoms with Crippen molar-refractivity contribution in [1.29, 1.82) is 0 Å². The van der Waals surface area contributed by atoms with Gasteiger partial charge in [0.15, 0.2) is 0 Å². The molecule has 0 atom stereocenters. The molecule has 0 saturated heterocycles. The van der Waals surface area contributed by atoms with Crippen molar-refractivity contribution in [3.63, 3.8) is 0 Å². The molecule has 1 nitrogen and oxygen atoms in total. The lowest BCUT2D eigenvalue weighted by Gasteiger charge is -2.35. The fourth-order valence-electron chi connectivity index (χ4n) is 9.14. The van der Waals surface area contributed by atoms with E-state index in [0.29, 0.717) is 0 Å². The van der Waals surface area contributed by atoms with Crippen molar-refractivity contribution < 1.29 is 4.74 Å². The number of ether oxygens (including phenoxy) is 1. The zero-order valence-corrected chi connectivity index (χ0v) is 28.4. The van der Waals surface area contributed by atoms with Gasteiger partial charge in [0.2, 0.25) is 0 Å². The standard InChI is InChI=1S/C51H32O/c1-4-14-33(15-5-1)43-31-37(36-27-29-46-44(30-36)41-24-12-17-35-18-13-25-47(52-46)48(35)41)32-45-49(43)42-28-26-34-16-10-11-23-40(34)50(42)51(45,38-19-6-2-7-20-38)39-21-8-3-9-22-39/h1-32H. The van der Waals surface area contributed by atoms with Gasteiger partial charge in [-0.05, 0) is 108 Å². The molecule has 1 heterocycles. The molecule has 0 amide bonds. The Balaban J connectivity index is 1.27. The largest absolute Gasteiger partial charge is 0.456 e. The summed E-state index contributed by atoms with van der Waals surface area (Å²) in [6.07, 6.45) is 0. The SMILES string of the molecule is c1ccc(-c2cc(-c3ccc4c(c3)-c3cccc5cccc(c35)O4)cc3c2-c2ccc4ccccc4c2C3(c2ccccc2)c2ccccc2)cc1. The van der Waals surface area contributed by atoms with E-state index in [9.17, 15) is 0 Å². The van der Waals surface area contributed by atoms with Crippen LogP contribution in [0, 0.1) is 0 Å². The molecule has 0 saturated carbocycles. The van der Waals surface area contributed by atoms with Crippen LogP contribution in [0.3, 0.4) is 0 Å². The summed E-state index contributed by atoms with van der Waals surface area (Å²) in [6.45, 7) is 0. The molecule has 1 aliphatic carbocycles. The van der Waals surface area contributed by atoms with Gasteiger partial charge in [0, 0.05) is 10.9 Å². The first-order chi connectivity index (χ1) is 25.8. The number of hydrogen-bond acceptors (Lipinski definition) is 1. The number of hydrogen-bond donors (Lipinski definition) is 0. The van der Waals surface area contributed by atoms with Crippen LogP contribution in [0.15, 0.2) is 194 Å². The van der Waals surface area contributed by atoms with Gasteiger partial charge in [-0.1, -0.05) is 164 Å². The molecule has 242 valence electrons. The summed E-state index contributed by atoms with van der Waals surface area (Å²) >= 11 is 0. The Morgan fingerprint density at radius 2 is 1.02 bits per heavy atom. The molecule has 2 aliphatic rings. The lowest BCUT2D eigenvalue weighted by molar-refractivity contribution is 0.487. The minimum atomic E-state index is -0.560. The number of rotatable bonds is 4. The van der Waals surface area contributed by atoms with Crippen molar-refractivity contribution in [2.45, 2.75) is 5.41 Å². The van der Waals surface area contributed by atoms with Crippen LogP contribution in [-0.4, -0.2) is 0 Å². The normalized spacial score (nSPS) is 13.3. The molecule has 0 spiro atoms. The molecule has 0 unspecified atom stereocenters. The van der Waals surface area contributed by atoms with E-state index in [2.05, 4.69) is 194 Å². The maximum atomic E-state index is 6.54. The minimum absolute atomic E-state index is 0.560. The van der Waals surface area contributed by atoms with Crippen molar-refractivity contribution in [3.05, 3.63) is 216 Å². The van der Waals surface area contributed by atoms with Crippen LogP contribution in [0.1, 0.15) is 22.3 Å². The zero-order chi connectivity index (χ0) is 34.2. The smallest absolute Gasteiger partial charge is 0.135 e. The summed E-state index contributed by atoms with van der Waals surface area (Å²) in [6, 6.07) is 71.2. The first-order valence-electron chi connectivity index (χ1n) is 18.0. The maximum Gasteiger partial charge on any atom is 0.135 e. The van der Waals surface area contributed by atoms with Crippen LogP contribution in [0.25, 0.3) is 66.1 Å². The Labute approximate surface area is 303 Å². The number of benzene rings is 9. The molecule has 52 heavy (non-hydrogen) atoms. The molecular weight excluding hydrogens is 629 g/mol. The highest BCUT2D eigenvalue weighted by molar-refractivity contribution is 6.07. The summed E-state index contributed by atoms with van der Waals surface area (Å²) in [5.41, 5.74) is 14.3. The van der Waals surface area contributed by atoms with E-state index in [4.69, 9.17) is 4.74 Å². The Morgan fingerprint density at radius 3 is 1.79 bits per heavy atom. The number of fused-ring (bicyclic) bond motifs is 7. The Hall–Kier alpha value is -6.70. The van der Waals surface area contributed by atoms with Gasteiger partial charge in [0.25, 0.3) is 0 Å². The minimum Gasteiger partial charge on any atom is -0.456 e. The van der Waals surface area contributed by atoms with Crippen LogP contribution < -0.4 is 4.74 Å². The van der Waals surface area contributed by atoms with Gasteiger partial charge in [-0.15, -0.1) is 0 Å². The van der Waals surface area contributed by atoms with Gasteiger partial charge in [-0.3, -0.25) is 0 Å². The zero-order valence-electron chi connectivity index (χ0n) is 28.4. The van der Waals surface area contributed by atoms with Crippen molar-refractivity contribution in [1.82, 2.24) is 0 Å². The highest BCUT2D eigenvalue weighted by Gasteiger charge is 2.48. The summed E-state index contributed by atoms with van der Waals surface area (Å²) < 4.78 is 6.54. The molecule has 9 aromatic carbocycles. The lowest BCUT2D eigenvalue weighted by atomic mass is 9.66. The van der Waals surface area contributed by atoms with Crippen LogP contribution in [0.5, 0.6) is 11.5 Å². The van der Waals surface area contributed by atoms with Gasteiger partial charge in [-0.2, -0.15) is 0 Å². The summed E-state index contributed by atoms with van der Waals surface area (Å²) in [5, 5.41) is 4.89. The molecule has 9 aromatic rings. The fourth-order valence-corrected chi connectivity index (χ4v) is 9.14. The third-order valence-electron chi connectivity index (χ3n) is 11.3. The van der Waals surface area contributed by atoms with E-state index in [1.165, 1.54) is 77.2 Å². The van der Waals surface area contributed by atoms with Gasteiger partial charge >= 0.3 is 0 Å². The summed E-state index contributed by atoms with van der Waals surface area (Å²) in [4.78, 5) is 0. The topological polar surface area (TPSA) is 9.23 Å². The van der Waals surface area contributed by atoms with Crippen LogP contribution in [-0.2, 0) is 5.41 Å². The fraction of sp³-hybridized carbons (Fsp3) is 0.0196. The molecule has 1 heteroatoms. The second-order valence-corrected chi connectivity index (χ2v) is 14.0. The third kappa shape index (κ3) is 4.05.